The fraction of sp³-hybridized carbons (Fsp3) is 0.0769. The summed E-state index contributed by atoms with van der Waals surface area (Å²) in [5.41, 5.74) is 4.60. The third-order valence-corrected chi connectivity index (χ3v) is 5.18. The van der Waals surface area contributed by atoms with Crippen molar-refractivity contribution in [3.63, 3.8) is 0 Å². The maximum absolute atomic E-state index is 12.9. The van der Waals surface area contributed by atoms with Gasteiger partial charge in [0.2, 0.25) is 0 Å². The van der Waals surface area contributed by atoms with E-state index in [-0.39, 0.29) is 12.5 Å². The van der Waals surface area contributed by atoms with E-state index in [1.807, 2.05) is 72.2 Å². The Kier molecular flexibility index (Phi) is 5.51. The van der Waals surface area contributed by atoms with Crippen LogP contribution in [0, 0.1) is 6.92 Å². The van der Waals surface area contributed by atoms with Crippen molar-refractivity contribution in [1.82, 2.24) is 19.4 Å². The van der Waals surface area contributed by atoms with Gasteiger partial charge in [-0.05, 0) is 30.7 Å². The summed E-state index contributed by atoms with van der Waals surface area (Å²) in [7, 11) is 0. The number of anilines is 1. The zero-order valence-corrected chi connectivity index (χ0v) is 18.0. The number of benzene rings is 2. The molecule has 1 amide bonds. The summed E-state index contributed by atoms with van der Waals surface area (Å²) < 4.78 is 7.92. The molecule has 5 rings (SSSR count). The molecule has 0 radical (unpaired) electrons. The number of pyridine rings is 1. The average molecular weight is 435 g/mol. The van der Waals surface area contributed by atoms with E-state index in [1.54, 1.807) is 30.6 Å². The Morgan fingerprint density at radius 2 is 1.73 bits per heavy atom. The van der Waals surface area contributed by atoms with Gasteiger partial charge < -0.3 is 14.5 Å². The second kappa shape index (κ2) is 8.92. The summed E-state index contributed by atoms with van der Waals surface area (Å²) in [4.78, 5) is 26.3. The second-order valence-electron chi connectivity index (χ2n) is 7.55. The molecule has 2 aromatic carbocycles. The fourth-order valence-corrected chi connectivity index (χ4v) is 3.53. The molecule has 162 valence electrons. The predicted molar refractivity (Wildman–Crippen MR) is 126 cm³/mol. The molecular weight excluding hydrogens is 414 g/mol. The SMILES string of the molecule is Cc1cccn2cc(COc3ccccc3C(=O)Nc3cnc(-c4ccccc4)nc3)nc12. The zero-order chi connectivity index (χ0) is 22.6. The Morgan fingerprint density at radius 1 is 0.970 bits per heavy atom. The molecule has 0 aliphatic heterocycles. The summed E-state index contributed by atoms with van der Waals surface area (Å²) in [5, 5.41) is 2.84. The molecule has 7 heteroatoms. The summed E-state index contributed by atoms with van der Waals surface area (Å²) in [6.45, 7) is 2.27. The standard InChI is InChI=1S/C26H21N5O2/c1-18-8-7-13-31-16-21(29-25(18)31)17-33-23-12-6-5-11-22(23)26(32)30-20-14-27-24(28-15-20)19-9-3-2-4-10-19/h2-16H,17H2,1H3,(H,30,32). The normalized spacial score (nSPS) is 10.8. The van der Waals surface area contributed by atoms with Crippen molar-refractivity contribution in [3.05, 3.63) is 108 Å². The highest BCUT2D eigenvalue weighted by atomic mass is 16.5. The first-order chi connectivity index (χ1) is 16.2. The van der Waals surface area contributed by atoms with Crippen LogP contribution in [0.15, 0.2) is 91.5 Å². The van der Waals surface area contributed by atoms with Crippen molar-refractivity contribution in [2.45, 2.75) is 13.5 Å². The molecule has 0 fully saturated rings. The van der Waals surface area contributed by atoms with Gasteiger partial charge in [0, 0.05) is 18.0 Å². The van der Waals surface area contributed by atoms with Crippen molar-refractivity contribution in [3.8, 4) is 17.1 Å². The molecule has 0 saturated heterocycles. The molecule has 3 aromatic heterocycles. The first-order valence-corrected chi connectivity index (χ1v) is 10.5. The van der Waals surface area contributed by atoms with Crippen LogP contribution < -0.4 is 10.1 Å². The summed E-state index contributed by atoms with van der Waals surface area (Å²) in [5.74, 6) is 0.776. The van der Waals surface area contributed by atoms with Crippen LogP contribution in [0.1, 0.15) is 21.6 Å². The minimum Gasteiger partial charge on any atom is -0.486 e. The van der Waals surface area contributed by atoms with Crippen LogP contribution in [0.5, 0.6) is 5.75 Å². The van der Waals surface area contributed by atoms with Crippen LogP contribution in [0.4, 0.5) is 5.69 Å². The highest BCUT2D eigenvalue weighted by Crippen LogP contribution is 2.22. The van der Waals surface area contributed by atoms with Crippen molar-refractivity contribution in [2.24, 2.45) is 0 Å². The van der Waals surface area contributed by atoms with Gasteiger partial charge in [0.05, 0.1) is 29.3 Å². The number of carbonyl (C=O) groups is 1. The number of ether oxygens (including phenoxy) is 1. The van der Waals surface area contributed by atoms with Gasteiger partial charge in [-0.3, -0.25) is 4.79 Å². The van der Waals surface area contributed by atoms with Gasteiger partial charge in [-0.25, -0.2) is 15.0 Å². The number of aromatic nitrogens is 4. The molecule has 0 saturated carbocycles. The zero-order valence-electron chi connectivity index (χ0n) is 18.0. The average Bonchev–Trinajstić information content (AvgIpc) is 3.28. The van der Waals surface area contributed by atoms with Crippen LogP contribution in [0.2, 0.25) is 0 Å². The molecule has 7 nitrogen and oxygen atoms in total. The highest BCUT2D eigenvalue weighted by Gasteiger charge is 2.14. The number of amides is 1. The Balaban J connectivity index is 1.29. The maximum Gasteiger partial charge on any atom is 0.259 e. The molecule has 0 spiro atoms. The Labute approximate surface area is 190 Å². The second-order valence-corrected chi connectivity index (χ2v) is 7.55. The Hall–Kier alpha value is -4.52. The topological polar surface area (TPSA) is 81.4 Å². The van der Waals surface area contributed by atoms with E-state index < -0.39 is 0 Å². The number of fused-ring (bicyclic) bond motifs is 1. The van der Waals surface area contributed by atoms with E-state index in [0.29, 0.717) is 22.8 Å². The summed E-state index contributed by atoms with van der Waals surface area (Å²) in [6, 6.07) is 20.8. The molecule has 33 heavy (non-hydrogen) atoms. The lowest BCUT2D eigenvalue weighted by Gasteiger charge is -2.11. The van der Waals surface area contributed by atoms with E-state index in [2.05, 4.69) is 20.3 Å². The van der Waals surface area contributed by atoms with Gasteiger partial charge in [0.1, 0.15) is 18.0 Å². The minimum absolute atomic E-state index is 0.250. The number of imidazole rings is 1. The lowest BCUT2D eigenvalue weighted by molar-refractivity contribution is 0.102. The minimum atomic E-state index is -0.299. The van der Waals surface area contributed by atoms with Gasteiger partial charge in [-0.2, -0.15) is 0 Å². The van der Waals surface area contributed by atoms with E-state index in [1.165, 1.54) is 0 Å². The van der Waals surface area contributed by atoms with E-state index in [4.69, 9.17) is 4.74 Å². The Bertz CT molecular complexity index is 1410. The first kappa shape index (κ1) is 20.4. The van der Waals surface area contributed by atoms with E-state index >= 15 is 0 Å². The van der Waals surface area contributed by atoms with Crippen molar-refractivity contribution < 1.29 is 9.53 Å². The lowest BCUT2D eigenvalue weighted by atomic mass is 10.2. The number of hydrogen-bond acceptors (Lipinski definition) is 5. The first-order valence-electron chi connectivity index (χ1n) is 10.5. The van der Waals surface area contributed by atoms with Crippen LogP contribution in [-0.2, 0) is 6.61 Å². The fourth-order valence-electron chi connectivity index (χ4n) is 3.53. The number of carbonyl (C=O) groups excluding carboxylic acids is 1. The quantitative estimate of drug-likeness (QED) is 0.409. The van der Waals surface area contributed by atoms with Crippen molar-refractivity contribution in [1.29, 1.82) is 0 Å². The van der Waals surface area contributed by atoms with Gasteiger partial charge >= 0.3 is 0 Å². The van der Waals surface area contributed by atoms with Gasteiger partial charge in [-0.1, -0.05) is 48.5 Å². The van der Waals surface area contributed by atoms with E-state index in [9.17, 15) is 4.79 Å². The molecule has 0 unspecified atom stereocenters. The van der Waals surface area contributed by atoms with Crippen LogP contribution in [-0.4, -0.2) is 25.3 Å². The Morgan fingerprint density at radius 3 is 2.52 bits per heavy atom. The van der Waals surface area contributed by atoms with Crippen LogP contribution in [0.3, 0.4) is 0 Å². The number of para-hydroxylation sites is 1. The van der Waals surface area contributed by atoms with Crippen molar-refractivity contribution in [2.75, 3.05) is 5.32 Å². The van der Waals surface area contributed by atoms with E-state index in [0.717, 1.165) is 22.5 Å². The number of rotatable bonds is 6. The molecule has 5 aromatic rings. The molecular formula is C26H21N5O2. The number of nitrogens with one attached hydrogen (secondary N) is 1. The third kappa shape index (κ3) is 4.43. The molecule has 3 heterocycles. The maximum atomic E-state index is 12.9. The smallest absolute Gasteiger partial charge is 0.259 e. The predicted octanol–water partition coefficient (Wildman–Crippen LogP) is 4.93. The van der Waals surface area contributed by atoms with Gasteiger partial charge in [-0.15, -0.1) is 0 Å². The largest absolute Gasteiger partial charge is 0.486 e. The molecule has 1 N–H and O–H groups in total. The molecule has 0 bridgehead atoms. The third-order valence-electron chi connectivity index (χ3n) is 5.18. The molecule has 0 atom stereocenters. The monoisotopic (exact) mass is 435 g/mol. The van der Waals surface area contributed by atoms with Gasteiger partial charge in [0.25, 0.3) is 5.91 Å². The molecule has 0 aliphatic carbocycles. The lowest BCUT2D eigenvalue weighted by Crippen LogP contribution is -2.14. The molecule has 0 aliphatic rings. The van der Waals surface area contributed by atoms with Crippen LogP contribution in [0.25, 0.3) is 17.0 Å². The number of nitrogens with zero attached hydrogens (tertiary/aromatic N) is 4. The summed E-state index contributed by atoms with van der Waals surface area (Å²) in [6.07, 6.45) is 7.06. The van der Waals surface area contributed by atoms with Crippen molar-refractivity contribution >= 4 is 17.2 Å². The summed E-state index contributed by atoms with van der Waals surface area (Å²) >= 11 is 0. The number of hydrogen-bond donors (Lipinski definition) is 1. The van der Waals surface area contributed by atoms with Crippen LogP contribution >= 0.6 is 0 Å². The number of aryl methyl sites for hydroxylation is 1. The van der Waals surface area contributed by atoms with Gasteiger partial charge in [0.15, 0.2) is 5.82 Å². The highest BCUT2D eigenvalue weighted by molar-refractivity contribution is 6.06.